The first-order valence-electron chi connectivity index (χ1n) is 6.14. The van der Waals surface area contributed by atoms with Crippen molar-refractivity contribution < 1.29 is 9.53 Å². The average Bonchev–Trinajstić information content (AvgIpc) is 2.31. The molecule has 0 aromatic heterocycles. The highest BCUT2D eigenvalue weighted by molar-refractivity contribution is 5.76. The highest BCUT2D eigenvalue weighted by Crippen LogP contribution is 2.18. The van der Waals surface area contributed by atoms with Crippen molar-refractivity contribution in [3.05, 3.63) is 29.3 Å². The molecule has 1 rings (SSSR count). The van der Waals surface area contributed by atoms with Gasteiger partial charge in [-0.2, -0.15) is 0 Å². The number of nitrogens with two attached hydrogens (primary N) is 1. The molecule has 1 unspecified atom stereocenters. The second-order valence-electron chi connectivity index (χ2n) is 4.57. The lowest BCUT2D eigenvalue weighted by atomic mass is 10.0. The van der Waals surface area contributed by atoms with Gasteiger partial charge in [-0.25, -0.2) is 0 Å². The molecule has 0 fully saturated rings. The van der Waals surface area contributed by atoms with Crippen LogP contribution in [-0.4, -0.2) is 32.7 Å². The van der Waals surface area contributed by atoms with Crippen molar-refractivity contribution in [1.82, 2.24) is 0 Å². The second-order valence-corrected chi connectivity index (χ2v) is 4.57. The Morgan fingerprint density at radius 1 is 1.44 bits per heavy atom. The number of ether oxygens (including phenoxy) is 1. The molecule has 0 saturated carbocycles. The van der Waals surface area contributed by atoms with Gasteiger partial charge in [0.2, 0.25) is 0 Å². The standard InChI is InChI=1S/C14H22N2O2/c1-5-18-14(17)13(15)9-11-6-7-12(16(3)4)8-10(11)2/h6-8,13H,5,9,15H2,1-4H3. The molecule has 0 radical (unpaired) electrons. The van der Waals surface area contributed by atoms with Crippen LogP contribution in [0.25, 0.3) is 0 Å². The number of anilines is 1. The van der Waals surface area contributed by atoms with E-state index in [-0.39, 0.29) is 5.97 Å². The van der Waals surface area contributed by atoms with Gasteiger partial charge in [-0.15, -0.1) is 0 Å². The maximum atomic E-state index is 11.5. The summed E-state index contributed by atoms with van der Waals surface area (Å²) in [6.07, 6.45) is 0.512. The first-order valence-corrected chi connectivity index (χ1v) is 6.14. The molecule has 0 bridgehead atoms. The summed E-state index contributed by atoms with van der Waals surface area (Å²) < 4.78 is 4.91. The summed E-state index contributed by atoms with van der Waals surface area (Å²) >= 11 is 0. The highest BCUT2D eigenvalue weighted by atomic mass is 16.5. The summed E-state index contributed by atoms with van der Waals surface area (Å²) in [6, 6.07) is 5.55. The third kappa shape index (κ3) is 3.74. The molecule has 1 aromatic rings. The molecule has 1 aromatic carbocycles. The molecular formula is C14H22N2O2. The lowest BCUT2D eigenvalue weighted by molar-refractivity contribution is -0.144. The minimum absolute atomic E-state index is 0.339. The van der Waals surface area contributed by atoms with Gasteiger partial charge < -0.3 is 15.4 Å². The molecule has 0 aliphatic carbocycles. The number of rotatable bonds is 5. The minimum Gasteiger partial charge on any atom is -0.465 e. The Kier molecular flexibility index (Phi) is 5.16. The van der Waals surface area contributed by atoms with Crippen LogP contribution in [0.1, 0.15) is 18.1 Å². The predicted molar refractivity (Wildman–Crippen MR) is 73.8 cm³/mol. The first-order chi connectivity index (χ1) is 8.45. The van der Waals surface area contributed by atoms with E-state index in [9.17, 15) is 4.79 Å². The van der Waals surface area contributed by atoms with Gasteiger partial charge in [0.05, 0.1) is 6.61 Å². The fourth-order valence-corrected chi connectivity index (χ4v) is 1.76. The van der Waals surface area contributed by atoms with Gasteiger partial charge in [0.15, 0.2) is 0 Å². The molecule has 0 saturated heterocycles. The fraction of sp³-hybridized carbons (Fsp3) is 0.500. The molecule has 0 aliphatic rings. The van der Waals surface area contributed by atoms with E-state index in [4.69, 9.17) is 10.5 Å². The lowest BCUT2D eigenvalue weighted by Gasteiger charge is -2.16. The number of benzene rings is 1. The van der Waals surface area contributed by atoms with Crippen LogP contribution in [0.5, 0.6) is 0 Å². The monoisotopic (exact) mass is 250 g/mol. The van der Waals surface area contributed by atoms with Crippen LogP contribution in [0.4, 0.5) is 5.69 Å². The van der Waals surface area contributed by atoms with Gasteiger partial charge in [0, 0.05) is 19.8 Å². The van der Waals surface area contributed by atoms with E-state index < -0.39 is 6.04 Å². The molecule has 4 heteroatoms. The zero-order chi connectivity index (χ0) is 13.7. The molecule has 4 nitrogen and oxygen atoms in total. The third-order valence-electron chi connectivity index (χ3n) is 2.87. The van der Waals surface area contributed by atoms with Crippen LogP contribution in [-0.2, 0) is 16.0 Å². The Morgan fingerprint density at radius 3 is 2.61 bits per heavy atom. The van der Waals surface area contributed by atoms with E-state index in [1.807, 2.05) is 38.1 Å². The summed E-state index contributed by atoms with van der Waals surface area (Å²) in [7, 11) is 4.00. The van der Waals surface area contributed by atoms with Crippen molar-refractivity contribution in [2.45, 2.75) is 26.3 Å². The van der Waals surface area contributed by atoms with Crippen LogP contribution >= 0.6 is 0 Å². The van der Waals surface area contributed by atoms with Crippen LogP contribution in [0.3, 0.4) is 0 Å². The van der Waals surface area contributed by atoms with Crippen molar-refractivity contribution in [2.24, 2.45) is 5.73 Å². The smallest absolute Gasteiger partial charge is 0.323 e. The van der Waals surface area contributed by atoms with Gasteiger partial charge in [-0.3, -0.25) is 4.79 Å². The van der Waals surface area contributed by atoms with Crippen molar-refractivity contribution in [2.75, 3.05) is 25.6 Å². The molecule has 0 amide bonds. The maximum absolute atomic E-state index is 11.5. The normalized spacial score (nSPS) is 12.1. The van der Waals surface area contributed by atoms with Gasteiger partial charge in [0.25, 0.3) is 0 Å². The number of hydrogen-bond donors (Lipinski definition) is 1. The molecule has 0 aliphatic heterocycles. The lowest BCUT2D eigenvalue weighted by Crippen LogP contribution is -2.34. The average molecular weight is 250 g/mol. The number of hydrogen-bond acceptors (Lipinski definition) is 4. The largest absolute Gasteiger partial charge is 0.465 e. The minimum atomic E-state index is -0.589. The zero-order valence-electron chi connectivity index (χ0n) is 11.6. The summed E-state index contributed by atoms with van der Waals surface area (Å²) in [6.45, 7) is 4.17. The molecular weight excluding hydrogens is 228 g/mol. The topological polar surface area (TPSA) is 55.6 Å². The summed E-state index contributed by atoms with van der Waals surface area (Å²) in [4.78, 5) is 13.5. The quantitative estimate of drug-likeness (QED) is 0.805. The van der Waals surface area contributed by atoms with E-state index in [0.717, 1.165) is 16.8 Å². The highest BCUT2D eigenvalue weighted by Gasteiger charge is 2.16. The van der Waals surface area contributed by atoms with Crippen molar-refractivity contribution in [3.8, 4) is 0 Å². The van der Waals surface area contributed by atoms with Crippen LogP contribution < -0.4 is 10.6 Å². The molecule has 18 heavy (non-hydrogen) atoms. The van der Waals surface area contributed by atoms with Gasteiger partial charge in [-0.1, -0.05) is 6.07 Å². The first kappa shape index (κ1) is 14.5. The Hall–Kier alpha value is -1.55. The van der Waals surface area contributed by atoms with E-state index >= 15 is 0 Å². The Balaban J connectivity index is 2.76. The molecule has 0 heterocycles. The molecule has 100 valence electrons. The molecule has 1 atom stereocenters. The van der Waals surface area contributed by atoms with E-state index in [0.29, 0.717) is 13.0 Å². The summed E-state index contributed by atoms with van der Waals surface area (Å²) in [5, 5.41) is 0. The van der Waals surface area contributed by atoms with E-state index in [1.165, 1.54) is 0 Å². The number of aryl methyl sites for hydroxylation is 1. The number of esters is 1. The van der Waals surface area contributed by atoms with Gasteiger partial charge >= 0.3 is 5.97 Å². The van der Waals surface area contributed by atoms with E-state index in [2.05, 4.69) is 6.07 Å². The third-order valence-corrected chi connectivity index (χ3v) is 2.87. The Morgan fingerprint density at radius 2 is 2.11 bits per heavy atom. The molecule has 2 N–H and O–H groups in total. The maximum Gasteiger partial charge on any atom is 0.323 e. The summed E-state index contributed by atoms with van der Waals surface area (Å²) in [5.74, 6) is -0.339. The van der Waals surface area contributed by atoms with Gasteiger partial charge in [-0.05, 0) is 43.5 Å². The van der Waals surface area contributed by atoms with Crippen molar-refractivity contribution in [3.63, 3.8) is 0 Å². The van der Waals surface area contributed by atoms with Crippen LogP contribution in [0, 0.1) is 6.92 Å². The predicted octanol–water partition coefficient (Wildman–Crippen LogP) is 1.49. The zero-order valence-corrected chi connectivity index (χ0v) is 11.6. The summed E-state index contributed by atoms with van der Waals surface area (Å²) in [5.41, 5.74) is 9.18. The number of carbonyl (C=O) groups is 1. The van der Waals surface area contributed by atoms with E-state index in [1.54, 1.807) is 6.92 Å². The Labute approximate surface area is 109 Å². The van der Waals surface area contributed by atoms with Crippen LogP contribution in [0.15, 0.2) is 18.2 Å². The van der Waals surface area contributed by atoms with Crippen molar-refractivity contribution in [1.29, 1.82) is 0 Å². The second kappa shape index (κ2) is 6.40. The molecule has 0 spiro atoms. The number of carbonyl (C=O) groups excluding carboxylic acids is 1. The number of nitrogens with zero attached hydrogens (tertiary/aromatic N) is 1. The Bertz CT molecular complexity index is 416. The van der Waals surface area contributed by atoms with Crippen LogP contribution in [0.2, 0.25) is 0 Å². The van der Waals surface area contributed by atoms with Crippen molar-refractivity contribution >= 4 is 11.7 Å². The fourth-order valence-electron chi connectivity index (χ4n) is 1.76. The van der Waals surface area contributed by atoms with Gasteiger partial charge in [0.1, 0.15) is 6.04 Å². The SMILES string of the molecule is CCOC(=O)C(N)Cc1ccc(N(C)C)cc1C.